The summed E-state index contributed by atoms with van der Waals surface area (Å²) < 4.78 is 9.49. The van der Waals surface area contributed by atoms with Crippen LogP contribution >= 0.6 is 0 Å². The molecule has 1 aromatic carbocycles. The number of ether oxygens (including phenoxy) is 2. The summed E-state index contributed by atoms with van der Waals surface area (Å²) in [5, 5.41) is 9.77. The lowest BCUT2D eigenvalue weighted by atomic mass is 10.0. The van der Waals surface area contributed by atoms with Crippen molar-refractivity contribution in [1.82, 2.24) is 0 Å². The lowest BCUT2D eigenvalue weighted by Gasteiger charge is -2.10. The minimum atomic E-state index is -0.829. The number of carbonyl (C=O) groups excluding carboxylic acids is 1. The van der Waals surface area contributed by atoms with E-state index in [2.05, 4.69) is 4.74 Å². The molecular formula is C12H16O4. The zero-order valence-corrected chi connectivity index (χ0v) is 9.47. The van der Waals surface area contributed by atoms with Gasteiger partial charge in [-0.3, -0.25) is 4.79 Å². The first-order chi connectivity index (χ1) is 7.67. The van der Waals surface area contributed by atoms with E-state index in [0.29, 0.717) is 12.2 Å². The molecule has 4 heteroatoms. The van der Waals surface area contributed by atoms with Crippen LogP contribution in [0.4, 0.5) is 0 Å². The van der Waals surface area contributed by atoms with Crippen LogP contribution in [-0.4, -0.2) is 25.3 Å². The summed E-state index contributed by atoms with van der Waals surface area (Å²) in [4.78, 5) is 11.0. The van der Waals surface area contributed by atoms with Gasteiger partial charge < -0.3 is 14.6 Å². The Hall–Kier alpha value is -1.39. The fourth-order valence-corrected chi connectivity index (χ4v) is 1.42. The molecular weight excluding hydrogens is 208 g/mol. The summed E-state index contributed by atoms with van der Waals surface area (Å²) in [5.74, 6) is -0.426. The molecule has 16 heavy (non-hydrogen) atoms. The van der Waals surface area contributed by atoms with Crippen LogP contribution in [0, 0.1) is 0 Å². The molecule has 0 saturated carbocycles. The normalized spacial score (nSPS) is 12.2. The largest absolute Gasteiger partial charge is 0.469 e. The molecule has 0 aliphatic carbocycles. The predicted octanol–water partition coefficient (Wildman–Crippen LogP) is 1.43. The van der Waals surface area contributed by atoms with E-state index < -0.39 is 12.1 Å². The van der Waals surface area contributed by atoms with Crippen LogP contribution in [0.2, 0.25) is 0 Å². The standard InChI is InChI=1S/C12H16O4/c1-15-8-9-4-3-5-10(6-9)11(13)7-12(14)16-2/h3-6,11,13H,7-8H2,1-2H3. The molecule has 4 nitrogen and oxygen atoms in total. The van der Waals surface area contributed by atoms with Crippen molar-refractivity contribution < 1.29 is 19.4 Å². The highest BCUT2D eigenvalue weighted by molar-refractivity contribution is 5.70. The summed E-state index contributed by atoms with van der Waals surface area (Å²) >= 11 is 0. The van der Waals surface area contributed by atoms with Gasteiger partial charge in [0.15, 0.2) is 0 Å². The highest BCUT2D eigenvalue weighted by Gasteiger charge is 2.13. The number of carbonyl (C=O) groups is 1. The van der Waals surface area contributed by atoms with E-state index in [1.54, 1.807) is 13.2 Å². The molecule has 88 valence electrons. The maximum Gasteiger partial charge on any atom is 0.308 e. The molecule has 0 bridgehead atoms. The van der Waals surface area contributed by atoms with Gasteiger partial charge in [-0.1, -0.05) is 24.3 Å². The third-order valence-corrected chi connectivity index (χ3v) is 2.23. The molecule has 0 heterocycles. The number of hydrogen-bond acceptors (Lipinski definition) is 4. The monoisotopic (exact) mass is 224 g/mol. The van der Waals surface area contributed by atoms with Crippen LogP contribution in [0.15, 0.2) is 24.3 Å². The van der Waals surface area contributed by atoms with E-state index in [4.69, 9.17) is 4.74 Å². The number of rotatable bonds is 5. The molecule has 1 rings (SSSR count). The third-order valence-electron chi connectivity index (χ3n) is 2.23. The summed E-state index contributed by atoms with van der Waals surface area (Å²) in [7, 11) is 2.91. The van der Waals surface area contributed by atoms with E-state index in [9.17, 15) is 9.90 Å². The number of methoxy groups -OCH3 is 2. The second-order valence-electron chi connectivity index (χ2n) is 3.47. The van der Waals surface area contributed by atoms with Crippen LogP contribution in [0.1, 0.15) is 23.7 Å². The first-order valence-electron chi connectivity index (χ1n) is 5.00. The molecule has 0 aliphatic rings. The maximum absolute atomic E-state index is 11.0. The highest BCUT2D eigenvalue weighted by Crippen LogP contribution is 2.18. The fraction of sp³-hybridized carbons (Fsp3) is 0.417. The topological polar surface area (TPSA) is 55.8 Å². The lowest BCUT2D eigenvalue weighted by Crippen LogP contribution is -2.08. The summed E-state index contributed by atoms with van der Waals surface area (Å²) in [6.45, 7) is 0.485. The molecule has 0 radical (unpaired) electrons. The summed E-state index contributed by atoms with van der Waals surface area (Å²) in [5.41, 5.74) is 1.66. The maximum atomic E-state index is 11.0. The molecule has 0 aromatic heterocycles. The molecule has 0 spiro atoms. The van der Waals surface area contributed by atoms with Crippen LogP contribution in [-0.2, 0) is 20.9 Å². The van der Waals surface area contributed by atoms with E-state index in [1.807, 2.05) is 18.2 Å². The Kier molecular flexibility index (Phi) is 4.95. The van der Waals surface area contributed by atoms with E-state index >= 15 is 0 Å². The van der Waals surface area contributed by atoms with Crippen molar-refractivity contribution in [2.45, 2.75) is 19.1 Å². The van der Waals surface area contributed by atoms with Gasteiger partial charge in [0.1, 0.15) is 0 Å². The van der Waals surface area contributed by atoms with Gasteiger partial charge in [0.05, 0.1) is 26.2 Å². The van der Waals surface area contributed by atoms with Crippen molar-refractivity contribution in [3.63, 3.8) is 0 Å². The van der Waals surface area contributed by atoms with Crippen LogP contribution in [0.25, 0.3) is 0 Å². The Bertz CT molecular complexity index is 349. The molecule has 1 unspecified atom stereocenters. The summed E-state index contributed by atoms with van der Waals surface area (Å²) in [6, 6.07) is 7.31. The van der Waals surface area contributed by atoms with Gasteiger partial charge in [0.25, 0.3) is 0 Å². The molecule has 1 aromatic rings. The van der Waals surface area contributed by atoms with Crippen molar-refractivity contribution >= 4 is 5.97 Å². The van der Waals surface area contributed by atoms with Gasteiger partial charge in [-0.2, -0.15) is 0 Å². The number of esters is 1. The first-order valence-corrected chi connectivity index (χ1v) is 5.00. The number of aliphatic hydroxyl groups is 1. The Morgan fingerprint density at radius 1 is 1.44 bits per heavy atom. The third kappa shape index (κ3) is 3.64. The van der Waals surface area contributed by atoms with Crippen LogP contribution < -0.4 is 0 Å². The minimum Gasteiger partial charge on any atom is -0.469 e. The van der Waals surface area contributed by atoms with Crippen molar-refractivity contribution in [2.24, 2.45) is 0 Å². The van der Waals surface area contributed by atoms with Gasteiger partial charge in [0, 0.05) is 7.11 Å². The SMILES string of the molecule is COCc1cccc(C(O)CC(=O)OC)c1. The zero-order valence-electron chi connectivity index (χ0n) is 9.47. The Morgan fingerprint density at radius 3 is 2.81 bits per heavy atom. The van der Waals surface area contributed by atoms with Gasteiger partial charge in [-0.25, -0.2) is 0 Å². The number of hydrogen-bond donors (Lipinski definition) is 1. The predicted molar refractivity (Wildman–Crippen MR) is 58.7 cm³/mol. The summed E-state index contributed by atoms with van der Waals surface area (Å²) in [6.07, 6.45) is -0.864. The van der Waals surface area contributed by atoms with E-state index in [1.165, 1.54) is 7.11 Å². The molecule has 1 N–H and O–H groups in total. The first kappa shape index (κ1) is 12.7. The van der Waals surface area contributed by atoms with Crippen molar-refractivity contribution in [1.29, 1.82) is 0 Å². The molecule has 0 amide bonds. The van der Waals surface area contributed by atoms with Crippen molar-refractivity contribution in [2.75, 3.05) is 14.2 Å². The van der Waals surface area contributed by atoms with Crippen molar-refractivity contribution in [3.8, 4) is 0 Å². The molecule has 0 fully saturated rings. The van der Waals surface area contributed by atoms with E-state index in [-0.39, 0.29) is 6.42 Å². The molecule has 1 atom stereocenters. The lowest BCUT2D eigenvalue weighted by molar-refractivity contribution is -0.142. The van der Waals surface area contributed by atoms with Crippen molar-refractivity contribution in [3.05, 3.63) is 35.4 Å². The molecule has 0 saturated heterocycles. The number of benzene rings is 1. The van der Waals surface area contributed by atoms with Crippen LogP contribution in [0.5, 0.6) is 0 Å². The van der Waals surface area contributed by atoms with Gasteiger partial charge in [-0.15, -0.1) is 0 Å². The minimum absolute atomic E-state index is 0.0348. The Balaban J connectivity index is 2.71. The second-order valence-corrected chi connectivity index (χ2v) is 3.47. The van der Waals surface area contributed by atoms with Gasteiger partial charge in [-0.05, 0) is 11.1 Å². The van der Waals surface area contributed by atoms with Gasteiger partial charge in [0.2, 0.25) is 0 Å². The average Bonchev–Trinajstić information content (AvgIpc) is 2.29. The Morgan fingerprint density at radius 2 is 2.19 bits per heavy atom. The Labute approximate surface area is 94.8 Å². The van der Waals surface area contributed by atoms with Crippen LogP contribution in [0.3, 0.4) is 0 Å². The van der Waals surface area contributed by atoms with E-state index in [0.717, 1.165) is 5.56 Å². The second kappa shape index (κ2) is 6.25. The smallest absolute Gasteiger partial charge is 0.308 e. The average molecular weight is 224 g/mol. The fourth-order valence-electron chi connectivity index (χ4n) is 1.42. The van der Waals surface area contributed by atoms with Gasteiger partial charge >= 0.3 is 5.97 Å². The number of aliphatic hydroxyl groups excluding tert-OH is 1. The highest BCUT2D eigenvalue weighted by atomic mass is 16.5. The zero-order chi connectivity index (χ0) is 12.0. The molecule has 0 aliphatic heterocycles. The quantitative estimate of drug-likeness (QED) is 0.769.